The first-order valence-electron chi connectivity index (χ1n) is 10.9. The highest BCUT2D eigenvalue weighted by atomic mass is 35.5. The Labute approximate surface area is 182 Å². The van der Waals surface area contributed by atoms with Gasteiger partial charge in [-0.15, -0.1) is 0 Å². The topological polar surface area (TPSA) is 44.8 Å². The molecule has 1 amide bonds. The van der Waals surface area contributed by atoms with Crippen molar-refractivity contribution < 1.29 is 9.53 Å². The standard InChI is InChI=1S/C24H28ClN3O2/c25-19-7-5-18(6-8-19)21-17-24(21)20-3-1-2-4-22(20)28(23(24)29)12-10-26-9-11-27-13-15-30-16-14-27/h1-8,21,26H,9-17H2. The highest BCUT2D eigenvalue weighted by molar-refractivity contribution is 6.30. The van der Waals surface area contributed by atoms with Crippen LogP contribution in [-0.2, 0) is 14.9 Å². The minimum absolute atomic E-state index is 0.239. The first-order chi connectivity index (χ1) is 14.7. The molecule has 1 N–H and O–H groups in total. The van der Waals surface area contributed by atoms with E-state index in [9.17, 15) is 4.79 Å². The number of hydrogen-bond donors (Lipinski definition) is 1. The number of rotatable bonds is 7. The van der Waals surface area contributed by atoms with Crippen molar-refractivity contribution in [2.45, 2.75) is 17.8 Å². The molecule has 0 radical (unpaired) electrons. The smallest absolute Gasteiger partial charge is 0.238 e. The molecule has 1 aliphatic carbocycles. The SMILES string of the molecule is O=C1N(CCNCCN2CCOCC2)c2ccccc2C12CC2c1ccc(Cl)cc1. The van der Waals surface area contributed by atoms with Crippen molar-refractivity contribution in [2.75, 3.05) is 57.4 Å². The van der Waals surface area contributed by atoms with Crippen molar-refractivity contribution >= 4 is 23.2 Å². The van der Waals surface area contributed by atoms with E-state index in [1.165, 1.54) is 11.1 Å². The third-order valence-electron chi connectivity index (χ3n) is 6.76. The van der Waals surface area contributed by atoms with Crippen LogP contribution >= 0.6 is 11.6 Å². The fourth-order valence-electron chi connectivity index (χ4n) is 5.05. The third kappa shape index (κ3) is 3.54. The van der Waals surface area contributed by atoms with E-state index in [0.29, 0.717) is 6.54 Å². The Balaban J connectivity index is 1.23. The molecular weight excluding hydrogens is 398 g/mol. The second kappa shape index (κ2) is 8.31. The number of hydrogen-bond acceptors (Lipinski definition) is 4. The number of morpholine rings is 1. The largest absolute Gasteiger partial charge is 0.379 e. The Morgan fingerprint density at radius 3 is 2.57 bits per heavy atom. The summed E-state index contributed by atoms with van der Waals surface area (Å²) in [5, 5.41) is 4.25. The van der Waals surface area contributed by atoms with Crippen LogP contribution in [0.5, 0.6) is 0 Å². The Morgan fingerprint density at radius 1 is 1.03 bits per heavy atom. The van der Waals surface area contributed by atoms with Gasteiger partial charge in [-0.2, -0.15) is 0 Å². The second-order valence-corrected chi connectivity index (χ2v) is 8.89. The van der Waals surface area contributed by atoms with Gasteiger partial charge in [0.15, 0.2) is 0 Å². The fourth-order valence-corrected chi connectivity index (χ4v) is 5.17. The van der Waals surface area contributed by atoms with E-state index >= 15 is 0 Å². The lowest BCUT2D eigenvalue weighted by Crippen LogP contribution is -2.42. The van der Waals surface area contributed by atoms with Gasteiger partial charge in [0.05, 0.1) is 18.6 Å². The highest BCUT2D eigenvalue weighted by Crippen LogP contribution is 2.66. The lowest BCUT2D eigenvalue weighted by molar-refractivity contribution is -0.120. The Hall–Kier alpha value is -1.92. The predicted molar refractivity (Wildman–Crippen MR) is 119 cm³/mol. The minimum Gasteiger partial charge on any atom is -0.379 e. The number of benzene rings is 2. The van der Waals surface area contributed by atoms with E-state index in [0.717, 1.165) is 63.1 Å². The molecule has 2 atom stereocenters. The van der Waals surface area contributed by atoms with Crippen molar-refractivity contribution in [1.29, 1.82) is 0 Å². The van der Waals surface area contributed by atoms with Crippen LogP contribution in [0.15, 0.2) is 48.5 Å². The Kier molecular flexibility index (Phi) is 5.54. The Bertz CT molecular complexity index is 913. The summed E-state index contributed by atoms with van der Waals surface area (Å²) in [7, 11) is 0. The van der Waals surface area contributed by atoms with Crippen LogP contribution in [0.1, 0.15) is 23.5 Å². The molecule has 2 aromatic rings. The summed E-state index contributed by atoms with van der Waals surface area (Å²) in [6.07, 6.45) is 0.880. The van der Waals surface area contributed by atoms with E-state index in [1.54, 1.807) is 0 Å². The summed E-state index contributed by atoms with van der Waals surface area (Å²) in [6.45, 7) is 7.13. The van der Waals surface area contributed by atoms with Gasteiger partial charge in [0.25, 0.3) is 0 Å². The molecule has 2 heterocycles. The molecular formula is C24H28ClN3O2. The average molecular weight is 426 g/mol. The number of nitrogens with one attached hydrogen (secondary N) is 1. The van der Waals surface area contributed by atoms with Crippen LogP contribution in [0.25, 0.3) is 0 Å². The number of halogens is 1. The van der Waals surface area contributed by atoms with E-state index in [1.807, 2.05) is 23.1 Å². The van der Waals surface area contributed by atoms with E-state index in [4.69, 9.17) is 16.3 Å². The number of anilines is 1. The third-order valence-corrected chi connectivity index (χ3v) is 7.01. The van der Waals surface area contributed by atoms with E-state index in [2.05, 4.69) is 40.5 Å². The lowest BCUT2D eigenvalue weighted by atomic mass is 9.92. The maximum atomic E-state index is 13.6. The molecule has 5 rings (SSSR count). The van der Waals surface area contributed by atoms with E-state index in [-0.39, 0.29) is 11.8 Å². The molecule has 158 valence electrons. The zero-order valence-electron chi connectivity index (χ0n) is 17.1. The summed E-state index contributed by atoms with van der Waals surface area (Å²) in [4.78, 5) is 18.0. The summed E-state index contributed by atoms with van der Waals surface area (Å²) in [6, 6.07) is 16.3. The molecule has 2 fully saturated rings. The molecule has 1 saturated carbocycles. The molecule has 30 heavy (non-hydrogen) atoms. The van der Waals surface area contributed by atoms with Gasteiger partial charge < -0.3 is 15.0 Å². The van der Waals surface area contributed by atoms with Crippen molar-refractivity contribution in [3.05, 3.63) is 64.7 Å². The maximum absolute atomic E-state index is 13.6. The van der Waals surface area contributed by atoms with Crippen LogP contribution in [-0.4, -0.2) is 63.3 Å². The number of nitrogens with zero attached hydrogens (tertiary/aromatic N) is 2. The number of para-hydroxylation sites is 1. The summed E-state index contributed by atoms with van der Waals surface area (Å²) < 4.78 is 5.40. The van der Waals surface area contributed by atoms with Crippen molar-refractivity contribution in [1.82, 2.24) is 10.2 Å². The molecule has 6 heteroatoms. The fraction of sp³-hybridized carbons (Fsp3) is 0.458. The molecule has 1 saturated heterocycles. The molecule has 2 unspecified atom stereocenters. The van der Waals surface area contributed by atoms with Crippen molar-refractivity contribution in [2.24, 2.45) is 0 Å². The summed E-state index contributed by atoms with van der Waals surface area (Å²) in [5.41, 5.74) is 3.07. The Morgan fingerprint density at radius 2 is 1.77 bits per heavy atom. The van der Waals surface area contributed by atoms with Crippen LogP contribution in [0.4, 0.5) is 5.69 Å². The first-order valence-corrected chi connectivity index (χ1v) is 11.3. The van der Waals surface area contributed by atoms with Crippen LogP contribution in [0, 0.1) is 0 Å². The number of ether oxygens (including phenoxy) is 1. The zero-order valence-corrected chi connectivity index (χ0v) is 17.9. The molecule has 0 aromatic heterocycles. The first kappa shape index (κ1) is 20.0. The maximum Gasteiger partial charge on any atom is 0.238 e. The van der Waals surface area contributed by atoms with Gasteiger partial charge in [-0.3, -0.25) is 9.69 Å². The van der Waals surface area contributed by atoms with Gasteiger partial charge in [0.1, 0.15) is 0 Å². The van der Waals surface area contributed by atoms with Gasteiger partial charge in [-0.25, -0.2) is 0 Å². The number of carbonyl (C=O) groups excluding carboxylic acids is 1. The molecule has 2 aliphatic heterocycles. The van der Waals surface area contributed by atoms with Gasteiger partial charge in [0, 0.05) is 55.9 Å². The van der Waals surface area contributed by atoms with Gasteiger partial charge >= 0.3 is 0 Å². The average Bonchev–Trinajstić information content (AvgIpc) is 3.49. The summed E-state index contributed by atoms with van der Waals surface area (Å²) >= 11 is 6.06. The molecule has 2 aromatic carbocycles. The zero-order chi connectivity index (χ0) is 20.6. The lowest BCUT2D eigenvalue weighted by Gasteiger charge is -2.26. The van der Waals surface area contributed by atoms with Gasteiger partial charge in [-0.05, 0) is 35.7 Å². The van der Waals surface area contributed by atoms with Crippen LogP contribution < -0.4 is 10.2 Å². The van der Waals surface area contributed by atoms with Crippen LogP contribution in [0.2, 0.25) is 5.02 Å². The summed E-state index contributed by atoms with van der Waals surface area (Å²) in [5.74, 6) is 0.487. The van der Waals surface area contributed by atoms with Crippen molar-refractivity contribution in [3.63, 3.8) is 0 Å². The van der Waals surface area contributed by atoms with Crippen molar-refractivity contribution in [3.8, 4) is 0 Å². The molecule has 1 spiro atoms. The molecule has 5 nitrogen and oxygen atoms in total. The second-order valence-electron chi connectivity index (χ2n) is 8.46. The highest BCUT2D eigenvalue weighted by Gasteiger charge is 2.66. The monoisotopic (exact) mass is 425 g/mol. The van der Waals surface area contributed by atoms with Crippen LogP contribution in [0.3, 0.4) is 0 Å². The number of fused-ring (bicyclic) bond motifs is 2. The van der Waals surface area contributed by atoms with Gasteiger partial charge in [-0.1, -0.05) is 41.9 Å². The minimum atomic E-state index is -0.391. The number of carbonyl (C=O) groups is 1. The molecule has 3 aliphatic rings. The quantitative estimate of drug-likeness (QED) is 0.692. The van der Waals surface area contributed by atoms with Gasteiger partial charge in [0.2, 0.25) is 5.91 Å². The molecule has 0 bridgehead atoms. The number of amides is 1. The predicted octanol–water partition coefficient (Wildman–Crippen LogP) is 3.03. The normalized spacial score (nSPS) is 25.7. The van der Waals surface area contributed by atoms with E-state index < -0.39 is 5.41 Å².